The molecule has 2 aromatic rings. The van der Waals surface area contributed by atoms with Gasteiger partial charge in [0.1, 0.15) is 0 Å². The number of aromatic carboxylic acids is 1. The molecule has 2 nitrogen and oxygen atoms in total. The zero-order valence-electron chi connectivity index (χ0n) is 9.58. The van der Waals surface area contributed by atoms with Gasteiger partial charge in [0.05, 0.1) is 15.6 Å². The number of rotatable bonds is 2. The van der Waals surface area contributed by atoms with Crippen molar-refractivity contribution in [2.45, 2.75) is 6.92 Å². The molecule has 0 heterocycles. The number of halogens is 2. The summed E-state index contributed by atoms with van der Waals surface area (Å²) < 4.78 is 0. The Bertz CT molecular complexity index is 621. The monoisotopic (exact) mass is 280 g/mol. The standard InChI is InChI=1S/C14H10Cl2O2/c1-8-2-4-10(14(17)18)11(6-8)9-3-5-12(15)13(16)7-9/h2-7H,1H3,(H,17,18). The topological polar surface area (TPSA) is 37.3 Å². The van der Waals surface area contributed by atoms with E-state index in [-0.39, 0.29) is 5.56 Å². The van der Waals surface area contributed by atoms with Crippen LogP contribution in [0.2, 0.25) is 10.0 Å². The number of carboxylic acid groups (broad SMARTS) is 1. The first-order valence-corrected chi connectivity index (χ1v) is 6.04. The Morgan fingerprint density at radius 1 is 1.06 bits per heavy atom. The average molecular weight is 281 g/mol. The Kier molecular flexibility index (Phi) is 3.60. The molecule has 0 amide bonds. The minimum Gasteiger partial charge on any atom is -0.478 e. The fourth-order valence-corrected chi connectivity index (χ4v) is 2.05. The van der Waals surface area contributed by atoms with Crippen LogP contribution in [0.5, 0.6) is 0 Å². The predicted molar refractivity (Wildman–Crippen MR) is 73.6 cm³/mol. The van der Waals surface area contributed by atoms with E-state index in [1.54, 1.807) is 30.3 Å². The molecule has 0 radical (unpaired) electrons. The van der Waals surface area contributed by atoms with Crippen LogP contribution in [0.3, 0.4) is 0 Å². The maximum Gasteiger partial charge on any atom is 0.336 e. The number of hydrogen-bond acceptors (Lipinski definition) is 1. The molecule has 0 aliphatic rings. The number of carboxylic acids is 1. The van der Waals surface area contributed by atoms with Crippen LogP contribution in [0.1, 0.15) is 15.9 Å². The van der Waals surface area contributed by atoms with E-state index in [2.05, 4.69) is 0 Å². The second-order valence-corrected chi connectivity index (χ2v) is 4.80. The summed E-state index contributed by atoms with van der Waals surface area (Å²) in [5.74, 6) is -0.962. The van der Waals surface area contributed by atoms with Crippen molar-refractivity contribution in [2.24, 2.45) is 0 Å². The SMILES string of the molecule is Cc1ccc(C(=O)O)c(-c2ccc(Cl)c(Cl)c2)c1. The molecule has 0 aliphatic carbocycles. The number of hydrogen-bond donors (Lipinski definition) is 1. The summed E-state index contributed by atoms with van der Waals surface area (Å²) in [6, 6.07) is 10.3. The summed E-state index contributed by atoms with van der Waals surface area (Å²) in [6.45, 7) is 1.91. The van der Waals surface area contributed by atoms with Crippen LogP contribution in [0.15, 0.2) is 36.4 Å². The molecule has 0 saturated heterocycles. The molecule has 0 fully saturated rings. The Hall–Kier alpha value is -1.51. The second-order valence-electron chi connectivity index (χ2n) is 3.98. The van der Waals surface area contributed by atoms with Crippen LogP contribution in [-0.4, -0.2) is 11.1 Å². The molecule has 0 aliphatic heterocycles. The van der Waals surface area contributed by atoms with E-state index >= 15 is 0 Å². The van der Waals surface area contributed by atoms with Crippen LogP contribution in [0.25, 0.3) is 11.1 Å². The Labute approximate surface area is 115 Å². The van der Waals surface area contributed by atoms with Gasteiger partial charge in [-0.3, -0.25) is 0 Å². The first kappa shape index (κ1) is 12.9. The highest BCUT2D eigenvalue weighted by atomic mass is 35.5. The molecule has 0 aromatic heterocycles. The number of carbonyl (C=O) groups is 1. The Balaban J connectivity index is 2.65. The van der Waals surface area contributed by atoms with Gasteiger partial charge in [0.2, 0.25) is 0 Å². The van der Waals surface area contributed by atoms with Gasteiger partial charge in [-0.05, 0) is 36.2 Å². The summed E-state index contributed by atoms with van der Waals surface area (Å²) in [5, 5.41) is 10.0. The van der Waals surface area contributed by atoms with Crippen molar-refractivity contribution in [3.63, 3.8) is 0 Å². The third-order valence-electron chi connectivity index (χ3n) is 2.64. The van der Waals surface area contributed by atoms with Crippen molar-refractivity contribution in [3.8, 4) is 11.1 Å². The molecule has 92 valence electrons. The zero-order chi connectivity index (χ0) is 13.3. The van der Waals surface area contributed by atoms with E-state index in [0.717, 1.165) is 11.1 Å². The van der Waals surface area contributed by atoms with E-state index in [4.69, 9.17) is 23.2 Å². The lowest BCUT2D eigenvalue weighted by Gasteiger charge is -2.08. The van der Waals surface area contributed by atoms with Gasteiger partial charge in [-0.15, -0.1) is 0 Å². The highest BCUT2D eigenvalue weighted by molar-refractivity contribution is 6.42. The molecule has 2 aromatic carbocycles. The van der Waals surface area contributed by atoms with Gasteiger partial charge in [0, 0.05) is 0 Å². The first-order chi connectivity index (χ1) is 8.49. The van der Waals surface area contributed by atoms with Gasteiger partial charge >= 0.3 is 5.97 Å². The van der Waals surface area contributed by atoms with Crippen molar-refractivity contribution >= 4 is 29.2 Å². The minimum absolute atomic E-state index is 0.249. The zero-order valence-corrected chi connectivity index (χ0v) is 11.1. The number of benzene rings is 2. The summed E-state index contributed by atoms with van der Waals surface area (Å²) in [6.07, 6.45) is 0. The molecule has 0 spiro atoms. The van der Waals surface area contributed by atoms with E-state index in [1.807, 2.05) is 13.0 Å². The smallest absolute Gasteiger partial charge is 0.336 e. The van der Waals surface area contributed by atoms with Crippen LogP contribution in [-0.2, 0) is 0 Å². The predicted octanol–water partition coefficient (Wildman–Crippen LogP) is 4.67. The maximum atomic E-state index is 11.2. The quantitative estimate of drug-likeness (QED) is 0.868. The lowest BCUT2D eigenvalue weighted by molar-refractivity contribution is 0.0698. The normalized spacial score (nSPS) is 10.4. The number of aryl methyl sites for hydroxylation is 1. The average Bonchev–Trinajstić information content (AvgIpc) is 2.32. The highest BCUT2D eigenvalue weighted by Crippen LogP contribution is 2.31. The van der Waals surface area contributed by atoms with Gasteiger partial charge in [0.25, 0.3) is 0 Å². The first-order valence-electron chi connectivity index (χ1n) is 5.28. The lowest BCUT2D eigenvalue weighted by Crippen LogP contribution is -1.99. The molecule has 4 heteroatoms. The third kappa shape index (κ3) is 2.50. The summed E-state index contributed by atoms with van der Waals surface area (Å²) in [5.41, 5.74) is 2.62. The third-order valence-corrected chi connectivity index (χ3v) is 3.38. The molecular weight excluding hydrogens is 271 g/mol. The highest BCUT2D eigenvalue weighted by Gasteiger charge is 2.12. The van der Waals surface area contributed by atoms with Gasteiger partial charge in [-0.2, -0.15) is 0 Å². The van der Waals surface area contributed by atoms with Crippen LogP contribution >= 0.6 is 23.2 Å². The van der Waals surface area contributed by atoms with E-state index in [9.17, 15) is 9.90 Å². The van der Waals surface area contributed by atoms with Gasteiger partial charge in [0.15, 0.2) is 0 Å². The second kappa shape index (κ2) is 5.01. The molecule has 1 N–H and O–H groups in total. The molecule has 0 saturated carbocycles. The van der Waals surface area contributed by atoms with Gasteiger partial charge < -0.3 is 5.11 Å². The summed E-state index contributed by atoms with van der Waals surface area (Å²) >= 11 is 11.8. The minimum atomic E-state index is -0.962. The molecule has 0 bridgehead atoms. The van der Waals surface area contributed by atoms with E-state index in [0.29, 0.717) is 15.6 Å². The van der Waals surface area contributed by atoms with Crippen molar-refractivity contribution in [3.05, 3.63) is 57.6 Å². The van der Waals surface area contributed by atoms with Crippen molar-refractivity contribution in [2.75, 3.05) is 0 Å². The molecular formula is C14H10Cl2O2. The maximum absolute atomic E-state index is 11.2. The lowest BCUT2D eigenvalue weighted by atomic mass is 9.98. The van der Waals surface area contributed by atoms with Crippen LogP contribution in [0, 0.1) is 6.92 Å². The fraction of sp³-hybridized carbons (Fsp3) is 0.0714. The summed E-state index contributed by atoms with van der Waals surface area (Å²) in [4.78, 5) is 11.2. The van der Waals surface area contributed by atoms with E-state index < -0.39 is 5.97 Å². The fourth-order valence-electron chi connectivity index (χ4n) is 1.75. The summed E-state index contributed by atoms with van der Waals surface area (Å²) in [7, 11) is 0. The van der Waals surface area contributed by atoms with Crippen LogP contribution in [0.4, 0.5) is 0 Å². The van der Waals surface area contributed by atoms with Crippen molar-refractivity contribution < 1.29 is 9.90 Å². The van der Waals surface area contributed by atoms with Crippen molar-refractivity contribution in [1.82, 2.24) is 0 Å². The van der Waals surface area contributed by atoms with Gasteiger partial charge in [-0.25, -0.2) is 4.79 Å². The molecule has 0 atom stereocenters. The van der Waals surface area contributed by atoms with Gasteiger partial charge in [-0.1, -0.05) is 47.0 Å². The van der Waals surface area contributed by atoms with E-state index in [1.165, 1.54) is 0 Å². The Morgan fingerprint density at radius 2 is 1.78 bits per heavy atom. The molecule has 0 unspecified atom stereocenters. The largest absolute Gasteiger partial charge is 0.478 e. The molecule has 18 heavy (non-hydrogen) atoms. The van der Waals surface area contributed by atoms with Crippen LogP contribution < -0.4 is 0 Å². The molecule has 2 rings (SSSR count). The van der Waals surface area contributed by atoms with Crippen molar-refractivity contribution in [1.29, 1.82) is 0 Å². The Morgan fingerprint density at radius 3 is 2.39 bits per heavy atom.